The van der Waals surface area contributed by atoms with Crippen LogP contribution >= 0.6 is 23.2 Å². The van der Waals surface area contributed by atoms with Gasteiger partial charge in [0.15, 0.2) is 6.61 Å². The lowest BCUT2D eigenvalue weighted by molar-refractivity contribution is -0.123. The van der Waals surface area contributed by atoms with Gasteiger partial charge in [-0.1, -0.05) is 23.2 Å². The predicted molar refractivity (Wildman–Crippen MR) is 116 cm³/mol. The molecule has 152 valence electrons. The van der Waals surface area contributed by atoms with Crippen molar-refractivity contribution in [3.05, 3.63) is 94.0 Å². The molecule has 8 heteroatoms. The zero-order chi connectivity index (χ0) is 21.3. The van der Waals surface area contributed by atoms with Crippen molar-refractivity contribution < 1.29 is 19.1 Å². The molecule has 0 radical (unpaired) electrons. The molecular formula is C22H16Cl2N2O4. The third kappa shape index (κ3) is 6.62. The van der Waals surface area contributed by atoms with E-state index in [0.717, 1.165) is 0 Å². The zero-order valence-corrected chi connectivity index (χ0v) is 17.1. The molecule has 0 aliphatic carbocycles. The standard InChI is InChI=1S/C22H16Cl2N2O4/c23-17-5-3-16(4-6-17)22(28)30-20-9-1-15(2-10-20)13-25-26-21(27)14-29-19-11-7-18(24)8-12-19/h1-13H,14H2,(H,26,27)/b25-13+. The zero-order valence-electron chi connectivity index (χ0n) is 15.5. The summed E-state index contributed by atoms with van der Waals surface area (Å²) in [5, 5.41) is 4.99. The second-order valence-electron chi connectivity index (χ2n) is 6.00. The summed E-state index contributed by atoms with van der Waals surface area (Å²) in [7, 11) is 0. The molecule has 0 unspecified atom stereocenters. The topological polar surface area (TPSA) is 77.0 Å². The van der Waals surface area contributed by atoms with E-state index in [1.54, 1.807) is 72.8 Å². The number of hydrogen-bond donors (Lipinski definition) is 1. The van der Waals surface area contributed by atoms with Gasteiger partial charge in [0, 0.05) is 10.0 Å². The molecule has 0 heterocycles. The first kappa shape index (κ1) is 21.4. The van der Waals surface area contributed by atoms with Gasteiger partial charge in [-0.3, -0.25) is 4.79 Å². The lowest BCUT2D eigenvalue weighted by Gasteiger charge is -2.05. The molecular weight excluding hydrogens is 427 g/mol. The van der Waals surface area contributed by atoms with E-state index in [1.807, 2.05) is 0 Å². The first-order chi connectivity index (χ1) is 14.5. The van der Waals surface area contributed by atoms with Gasteiger partial charge < -0.3 is 9.47 Å². The molecule has 0 atom stereocenters. The molecule has 0 aliphatic rings. The molecule has 0 spiro atoms. The second kappa shape index (κ2) is 10.4. The van der Waals surface area contributed by atoms with Crippen LogP contribution in [-0.4, -0.2) is 24.7 Å². The fourth-order valence-corrected chi connectivity index (χ4v) is 2.52. The Kier molecular flexibility index (Phi) is 7.43. The highest BCUT2D eigenvalue weighted by Crippen LogP contribution is 2.16. The van der Waals surface area contributed by atoms with E-state index in [0.29, 0.717) is 32.7 Å². The maximum Gasteiger partial charge on any atom is 0.343 e. The van der Waals surface area contributed by atoms with E-state index in [2.05, 4.69) is 10.5 Å². The van der Waals surface area contributed by atoms with E-state index in [-0.39, 0.29) is 6.61 Å². The minimum Gasteiger partial charge on any atom is -0.484 e. The first-order valence-electron chi connectivity index (χ1n) is 8.78. The van der Waals surface area contributed by atoms with Gasteiger partial charge in [0.1, 0.15) is 11.5 Å². The number of nitrogens with one attached hydrogen (secondary N) is 1. The highest BCUT2D eigenvalue weighted by molar-refractivity contribution is 6.30. The minimum absolute atomic E-state index is 0.182. The molecule has 0 fully saturated rings. The van der Waals surface area contributed by atoms with Crippen LogP contribution in [0.2, 0.25) is 10.0 Å². The van der Waals surface area contributed by atoms with E-state index in [9.17, 15) is 9.59 Å². The first-order valence-corrected chi connectivity index (χ1v) is 9.53. The van der Waals surface area contributed by atoms with Crippen molar-refractivity contribution in [1.29, 1.82) is 0 Å². The SMILES string of the molecule is O=C(COc1ccc(Cl)cc1)N/N=C/c1ccc(OC(=O)c2ccc(Cl)cc2)cc1. The van der Waals surface area contributed by atoms with Gasteiger partial charge in [0.2, 0.25) is 0 Å². The van der Waals surface area contributed by atoms with Crippen LogP contribution in [0.4, 0.5) is 0 Å². The van der Waals surface area contributed by atoms with Crippen LogP contribution in [0.1, 0.15) is 15.9 Å². The number of halogens is 2. The molecule has 6 nitrogen and oxygen atoms in total. The van der Waals surface area contributed by atoms with Crippen LogP contribution in [-0.2, 0) is 4.79 Å². The van der Waals surface area contributed by atoms with Crippen molar-refractivity contribution in [2.45, 2.75) is 0 Å². The number of rotatable bonds is 7. The summed E-state index contributed by atoms with van der Waals surface area (Å²) in [6, 6.07) is 19.7. The van der Waals surface area contributed by atoms with Crippen LogP contribution in [0.5, 0.6) is 11.5 Å². The predicted octanol–water partition coefficient (Wildman–Crippen LogP) is 4.74. The highest BCUT2D eigenvalue weighted by Gasteiger charge is 2.08. The number of amides is 1. The number of benzene rings is 3. The van der Waals surface area contributed by atoms with Crippen LogP contribution in [0, 0.1) is 0 Å². The monoisotopic (exact) mass is 442 g/mol. The summed E-state index contributed by atoms with van der Waals surface area (Å²) >= 11 is 11.6. The van der Waals surface area contributed by atoms with Crippen molar-refractivity contribution >= 4 is 41.3 Å². The van der Waals surface area contributed by atoms with Crippen molar-refractivity contribution in [1.82, 2.24) is 5.43 Å². The molecule has 30 heavy (non-hydrogen) atoms. The Labute approximate surface area is 183 Å². The third-order valence-corrected chi connectivity index (χ3v) is 4.26. The number of carbonyl (C=O) groups excluding carboxylic acids is 2. The number of esters is 1. The van der Waals surface area contributed by atoms with Gasteiger partial charge in [-0.15, -0.1) is 0 Å². The number of hydrazone groups is 1. The van der Waals surface area contributed by atoms with Crippen molar-refractivity contribution in [3.63, 3.8) is 0 Å². The van der Waals surface area contributed by atoms with Crippen LogP contribution in [0.25, 0.3) is 0 Å². The Hall–Kier alpha value is -3.35. The highest BCUT2D eigenvalue weighted by atomic mass is 35.5. The summed E-state index contributed by atoms with van der Waals surface area (Å²) in [5.41, 5.74) is 3.47. The minimum atomic E-state index is -0.485. The molecule has 3 aromatic rings. The second-order valence-corrected chi connectivity index (χ2v) is 6.87. The smallest absolute Gasteiger partial charge is 0.343 e. The van der Waals surface area contributed by atoms with Gasteiger partial charge in [-0.05, 0) is 78.4 Å². The third-order valence-electron chi connectivity index (χ3n) is 3.76. The molecule has 1 amide bonds. The molecule has 0 aliphatic heterocycles. The largest absolute Gasteiger partial charge is 0.484 e. The van der Waals surface area contributed by atoms with Gasteiger partial charge in [-0.25, -0.2) is 10.2 Å². The summed E-state index contributed by atoms with van der Waals surface area (Å²) in [6.45, 7) is -0.182. The Morgan fingerprint density at radius 3 is 2.03 bits per heavy atom. The van der Waals surface area contributed by atoms with Gasteiger partial charge in [-0.2, -0.15) is 5.10 Å². The Morgan fingerprint density at radius 2 is 1.40 bits per heavy atom. The normalized spacial score (nSPS) is 10.6. The lowest BCUT2D eigenvalue weighted by atomic mass is 10.2. The average molecular weight is 443 g/mol. The van der Waals surface area contributed by atoms with E-state index >= 15 is 0 Å². The Bertz CT molecular complexity index is 1030. The number of nitrogens with zero attached hydrogens (tertiary/aromatic N) is 1. The van der Waals surface area contributed by atoms with Gasteiger partial charge in [0.25, 0.3) is 5.91 Å². The van der Waals surface area contributed by atoms with E-state index in [1.165, 1.54) is 6.21 Å². The van der Waals surface area contributed by atoms with E-state index < -0.39 is 11.9 Å². The van der Waals surface area contributed by atoms with Crippen LogP contribution in [0.15, 0.2) is 77.9 Å². The summed E-state index contributed by atoms with van der Waals surface area (Å²) < 4.78 is 10.6. The summed E-state index contributed by atoms with van der Waals surface area (Å²) in [4.78, 5) is 23.8. The number of carbonyl (C=O) groups is 2. The van der Waals surface area contributed by atoms with Crippen molar-refractivity contribution in [2.75, 3.05) is 6.61 Å². The summed E-state index contributed by atoms with van der Waals surface area (Å²) in [5.74, 6) is 0.0190. The fourth-order valence-electron chi connectivity index (χ4n) is 2.26. The number of hydrogen-bond acceptors (Lipinski definition) is 5. The molecule has 0 saturated heterocycles. The molecule has 0 saturated carbocycles. The molecule has 1 N–H and O–H groups in total. The lowest BCUT2D eigenvalue weighted by Crippen LogP contribution is -2.24. The Morgan fingerprint density at radius 1 is 0.833 bits per heavy atom. The molecule has 3 aromatic carbocycles. The average Bonchev–Trinajstić information content (AvgIpc) is 2.75. The fraction of sp³-hybridized carbons (Fsp3) is 0.0455. The maximum absolute atomic E-state index is 12.1. The maximum atomic E-state index is 12.1. The number of ether oxygens (including phenoxy) is 2. The quantitative estimate of drug-likeness (QED) is 0.248. The van der Waals surface area contributed by atoms with Crippen molar-refractivity contribution in [3.8, 4) is 11.5 Å². The molecule has 0 aromatic heterocycles. The summed E-state index contributed by atoms with van der Waals surface area (Å²) in [6.07, 6.45) is 1.46. The van der Waals surface area contributed by atoms with Gasteiger partial charge >= 0.3 is 5.97 Å². The van der Waals surface area contributed by atoms with Crippen LogP contribution in [0.3, 0.4) is 0 Å². The van der Waals surface area contributed by atoms with Crippen molar-refractivity contribution in [2.24, 2.45) is 5.10 Å². The molecule has 0 bridgehead atoms. The van der Waals surface area contributed by atoms with Gasteiger partial charge in [0.05, 0.1) is 11.8 Å². The van der Waals surface area contributed by atoms with Crippen LogP contribution < -0.4 is 14.9 Å². The molecule has 3 rings (SSSR count). The Balaban J connectivity index is 1.45. The van der Waals surface area contributed by atoms with E-state index in [4.69, 9.17) is 32.7 Å².